The minimum atomic E-state index is -0.130. The van der Waals surface area contributed by atoms with Crippen molar-refractivity contribution in [2.45, 2.75) is 26.2 Å². The van der Waals surface area contributed by atoms with Gasteiger partial charge in [-0.1, -0.05) is 44.2 Å². The van der Waals surface area contributed by atoms with Gasteiger partial charge in [0, 0.05) is 18.7 Å². The van der Waals surface area contributed by atoms with E-state index in [1.54, 1.807) is 4.90 Å². The number of ether oxygens (including phenoxy) is 1. The molecule has 2 amide bonds. The molecule has 0 atom stereocenters. The summed E-state index contributed by atoms with van der Waals surface area (Å²) in [5, 5.41) is 2.96. The highest BCUT2D eigenvalue weighted by Gasteiger charge is 2.25. The van der Waals surface area contributed by atoms with E-state index in [0.29, 0.717) is 23.9 Å². The number of benzene rings is 2. The number of fused-ring (bicyclic) bond motifs is 1. The zero-order valence-corrected chi connectivity index (χ0v) is 14.5. The van der Waals surface area contributed by atoms with Crippen LogP contribution in [-0.4, -0.2) is 25.0 Å². The Labute approximate surface area is 147 Å². The third kappa shape index (κ3) is 3.82. The molecular weight excluding hydrogens is 316 g/mol. The molecule has 2 aromatic rings. The van der Waals surface area contributed by atoms with Crippen LogP contribution in [0.3, 0.4) is 0 Å². The minimum absolute atomic E-state index is 0.00875. The zero-order chi connectivity index (χ0) is 17.8. The Kier molecular flexibility index (Phi) is 5.03. The molecule has 0 fully saturated rings. The smallest absolute Gasteiger partial charge is 0.265 e. The second-order valence-corrected chi connectivity index (χ2v) is 6.34. The van der Waals surface area contributed by atoms with E-state index < -0.39 is 0 Å². The summed E-state index contributed by atoms with van der Waals surface area (Å²) < 4.78 is 5.42. The number of para-hydroxylation sites is 3. The first kappa shape index (κ1) is 17.0. The van der Waals surface area contributed by atoms with E-state index in [0.717, 1.165) is 11.3 Å². The maximum absolute atomic E-state index is 12.4. The van der Waals surface area contributed by atoms with E-state index in [1.165, 1.54) is 0 Å². The molecule has 0 radical (unpaired) electrons. The lowest BCUT2D eigenvalue weighted by Crippen LogP contribution is -2.40. The predicted molar refractivity (Wildman–Crippen MR) is 98.1 cm³/mol. The Balaban J connectivity index is 1.66. The number of hydrogen-bond acceptors (Lipinski definition) is 3. The van der Waals surface area contributed by atoms with E-state index in [1.807, 2.05) is 48.5 Å². The summed E-state index contributed by atoms with van der Waals surface area (Å²) in [5.41, 5.74) is 2.65. The van der Waals surface area contributed by atoms with Gasteiger partial charge in [0.25, 0.3) is 5.91 Å². The first-order valence-corrected chi connectivity index (χ1v) is 8.47. The fraction of sp³-hybridized carbons (Fsp3) is 0.300. The molecular formula is C20H22N2O3. The quantitative estimate of drug-likeness (QED) is 0.907. The largest absolute Gasteiger partial charge is 0.482 e. The lowest BCUT2D eigenvalue weighted by molar-refractivity contribution is -0.121. The van der Waals surface area contributed by atoms with Crippen molar-refractivity contribution < 1.29 is 14.3 Å². The van der Waals surface area contributed by atoms with Crippen LogP contribution in [0.5, 0.6) is 5.75 Å². The van der Waals surface area contributed by atoms with Crippen LogP contribution in [0, 0.1) is 0 Å². The summed E-state index contributed by atoms with van der Waals surface area (Å²) in [5.74, 6) is 0.760. The molecule has 0 spiro atoms. The van der Waals surface area contributed by atoms with Crippen LogP contribution in [0.2, 0.25) is 0 Å². The van der Waals surface area contributed by atoms with Crippen molar-refractivity contribution in [3.8, 4) is 5.75 Å². The third-order valence-electron chi connectivity index (χ3n) is 4.23. The molecule has 25 heavy (non-hydrogen) atoms. The molecule has 0 bridgehead atoms. The standard InChI is InChI=1S/C20H22N2O3/c1-14(2)15-7-3-4-8-16(15)21-19(23)11-12-22-17-9-5-6-10-18(17)25-13-20(22)24/h3-10,14H,11-13H2,1-2H3,(H,21,23). The molecule has 1 aliphatic heterocycles. The van der Waals surface area contributed by atoms with E-state index in [-0.39, 0.29) is 24.8 Å². The van der Waals surface area contributed by atoms with E-state index >= 15 is 0 Å². The van der Waals surface area contributed by atoms with Crippen LogP contribution in [0.4, 0.5) is 11.4 Å². The summed E-state index contributed by atoms with van der Waals surface area (Å²) >= 11 is 0. The molecule has 5 nitrogen and oxygen atoms in total. The van der Waals surface area contributed by atoms with Crippen molar-refractivity contribution >= 4 is 23.2 Å². The average molecular weight is 338 g/mol. The molecule has 0 saturated heterocycles. The van der Waals surface area contributed by atoms with Gasteiger partial charge in [-0.2, -0.15) is 0 Å². The normalized spacial score (nSPS) is 13.4. The summed E-state index contributed by atoms with van der Waals surface area (Å²) in [6.07, 6.45) is 0.229. The Hall–Kier alpha value is -2.82. The molecule has 1 heterocycles. The van der Waals surface area contributed by atoms with Crippen LogP contribution in [0.15, 0.2) is 48.5 Å². The Morgan fingerprint density at radius 1 is 1.16 bits per heavy atom. The van der Waals surface area contributed by atoms with Crippen molar-refractivity contribution in [1.29, 1.82) is 0 Å². The topological polar surface area (TPSA) is 58.6 Å². The number of hydrogen-bond donors (Lipinski definition) is 1. The average Bonchev–Trinajstić information content (AvgIpc) is 2.61. The Morgan fingerprint density at radius 3 is 2.68 bits per heavy atom. The maximum Gasteiger partial charge on any atom is 0.265 e. The molecule has 0 unspecified atom stereocenters. The summed E-state index contributed by atoms with van der Waals surface area (Å²) in [6, 6.07) is 15.2. The first-order valence-electron chi connectivity index (χ1n) is 8.47. The van der Waals surface area contributed by atoms with Crippen LogP contribution in [0.25, 0.3) is 0 Å². The highest BCUT2D eigenvalue weighted by molar-refractivity contribution is 5.99. The van der Waals surface area contributed by atoms with Gasteiger partial charge in [-0.3, -0.25) is 9.59 Å². The van der Waals surface area contributed by atoms with Gasteiger partial charge in [0.15, 0.2) is 6.61 Å². The van der Waals surface area contributed by atoms with E-state index in [4.69, 9.17) is 4.74 Å². The molecule has 3 rings (SSSR count). The molecule has 1 aliphatic rings. The molecule has 0 saturated carbocycles. The van der Waals surface area contributed by atoms with Crippen molar-refractivity contribution in [1.82, 2.24) is 0 Å². The lowest BCUT2D eigenvalue weighted by atomic mass is 10.0. The second-order valence-electron chi connectivity index (χ2n) is 6.34. The summed E-state index contributed by atoms with van der Waals surface area (Å²) in [4.78, 5) is 26.1. The number of nitrogens with zero attached hydrogens (tertiary/aromatic N) is 1. The van der Waals surface area contributed by atoms with Crippen LogP contribution < -0.4 is 15.0 Å². The number of nitrogens with one attached hydrogen (secondary N) is 1. The number of rotatable bonds is 5. The fourth-order valence-corrected chi connectivity index (χ4v) is 2.94. The van der Waals surface area contributed by atoms with Crippen LogP contribution in [0.1, 0.15) is 31.7 Å². The van der Waals surface area contributed by atoms with Gasteiger partial charge in [-0.05, 0) is 29.7 Å². The van der Waals surface area contributed by atoms with Crippen LogP contribution in [-0.2, 0) is 9.59 Å². The number of anilines is 2. The van der Waals surface area contributed by atoms with Gasteiger partial charge in [-0.15, -0.1) is 0 Å². The Morgan fingerprint density at radius 2 is 1.88 bits per heavy atom. The van der Waals surface area contributed by atoms with Gasteiger partial charge >= 0.3 is 0 Å². The molecule has 1 N–H and O–H groups in total. The van der Waals surface area contributed by atoms with E-state index in [9.17, 15) is 9.59 Å². The summed E-state index contributed by atoms with van der Waals surface area (Å²) in [7, 11) is 0. The monoisotopic (exact) mass is 338 g/mol. The fourth-order valence-electron chi connectivity index (χ4n) is 2.94. The van der Waals surface area contributed by atoms with Crippen LogP contribution >= 0.6 is 0 Å². The van der Waals surface area contributed by atoms with Gasteiger partial charge in [-0.25, -0.2) is 0 Å². The lowest BCUT2D eigenvalue weighted by Gasteiger charge is -2.29. The first-order chi connectivity index (χ1) is 12.1. The maximum atomic E-state index is 12.4. The third-order valence-corrected chi connectivity index (χ3v) is 4.23. The number of carbonyl (C=O) groups excluding carboxylic acids is 2. The van der Waals surface area contributed by atoms with Crippen molar-refractivity contribution in [2.75, 3.05) is 23.4 Å². The number of amides is 2. The van der Waals surface area contributed by atoms with Crippen molar-refractivity contribution in [3.05, 3.63) is 54.1 Å². The molecule has 0 aromatic heterocycles. The van der Waals surface area contributed by atoms with Gasteiger partial charge < -0.3 is 15.0 Å². The van der Waals surface area contributed by atoms with Crippen molar-refractivity contribution in [3.63, 3.8) is 0 Å². The van der Waals surface area contributed by atoms with Crippen molar-refractivity contribution in [2.24, 2.45) is 0 Å². The molecule has 5 heteroatoms. The minimum Gasteiger partial charge on any atom is -0.482 e. The molecule has 0 aliphatic carbocycles. The van der Waals surface area contributed by atoms with E-state index in [2.05, 4.69) is 19.2 Å². The second kappa shape index (κ2) is 7.38. The van der Waals surface area contributed by atoms with Gasteiger partial charge in [0.1, 0.15) is 5.75 Å². The molecule has 2 aromatic carbocycles. The predicted octanol–water partition coefficient (Wildman–Crippen LogP) is 3.56. The SMILES string of the molecule is CC(C)c1ccccc1NC(=O)CCN1C(=O)COc2ccccc21. The van der Waals surface area contributed by atoms with Gasteiger partial charge in [0.05, 0.1) is 5.69 Å². The van der Waals surface area contributed by atoms with Gasteiger partial charge in [0.2, 0.25) is 5.91 Å². The zero-order valence-electron chi connectivity index (χ0n) is 14.5. The Bertz CT molecular complexity index is 786. The summed E-state index contributed by atoms with van der Waals surface area (Å²) in [6.45, 7) is 4.52. The highest BCUT2D eigenvalue weighted by Crippen LogP contribution is 2.31. The molecule has 130 valence electrons. The highest BCUT2D eigenvalue weighted by atomic mass is 16.5. The number of carbonyl (C=O) groups is 2.